The number of nitrogens with zero attached hydrogens (tertiary/aromatic N) is 1. The largest absolute Gasteiger partial charge is 0.503 e. The number of amides is 1. The van der Waals surface area contributed by atoms with Crippen LogP contribution in [0.5, 0.6) is 0 Å². The summed E-state index contributed by atoms with van der Waals surface area (Å²) in [5, 5.41) is 12.3. The Labute approximate surface area is 197 Å². The highest BCUT2D eigenvalue weighted by Crippen LogP contribution is 2.42. The fourth-order valence-corrected chi connectivity index (χ4v) is 4.23. The van der Waals surface area contributed by atoms with E-state index in [1.54, 1.807) is 42.5 Å². The number of carbonyl (C=O) groups is 2. The number of hydrogen-bond donors (Lipinski definition) is 1. The van der Waals surface area contributed by atoms with Crippen molar-refractivity contribution in [2.75, 3.05) is 4.90 Å². The fraction of sp³-hybridized carbons (Fsp3) is 0.0400. The molecule has 3 aromatic carbocycles. The van der Waals surface area contributed by atoms with Gasteiger partial charge in [0.05, 0.1) is 11.6 Å². The van der Waals surface area contributed by atoms with Crippen LogP contribution in [0.25, 0.3) is 11.0 Å². The lowest BCUT2D eigenvalue weighted by atomic mass is 9.94. The number of benzene rings is 3. The van der Waals surface area contributed by atoms with Gasteiger partial charge >= 0.3 is 0 Å². The molecule has 0 bridgehead atoms. The van der Waals surface area contributed by atoms with Gasteiger partial charge in [-0.2, -0.15) is 0 Å². The van der Waals surface area contributed by atoms with E-state index in [0.717, 1.165) is 0 Å². The van der Waals surface area contributed by atoms with E-state index in [1.807, 2.05) is 0 Å². The molecule has 1 aromatic heterocycles. The number of halogens is 3. The smallest absolute Gasteiger partial charge is 0.294 e. The summed E-state index contributed by atoms with van der Waals surface area (Å²) in [6.07, 6.45) is 0. The SMILES string of the molecule is O=C(C1=C(O)C(=O)N(c2ccc(F)cc2)C1c1ccc(Cl)cc1)c1cc2cc(Cl)ccc2o1. The van der Waals surface area contributed by atoms with Crippen molar-refractivity contribution in [3.63, 3.8) is 0 Å². The molecule has 33 heavy (non-hydrogen) atoms. The van der Waals surface area contributed by atoms with E-state index in [-0.39, 0.29) is 11.3 Å². The maximum Gasteiger partial charge on any atom is 0.294 e. The molecule has 1 unspecified atom stereocenters. The first-order valence-electron chi connectivity index (χ1n) is 9.85. The topological polar surface area (TPSA) is 70.8 Å². The summed E-state index contributed by atoms with van der Waals surface area (Å²) in [7, 11) is 0. The molecule has 5 rings (SSSR count). The van der Waals surface area contributed by atoms with Crippen molar-refractivity contribution in [2.24, 2.45) is 0 Å². The first kappa shape index (κ1) is 21.2. The van der Waals surface area contributed by atoms with Crippen LogP contribution in [0.2, 0.25) is 10.0 Å². The third kappa shape index (κ3) is 3.67. The maximum absolute atomic E-state index is 13.5. The highest BCUT2D eigenvalue weighted by molar-refractivity contribution is 6.31. The predicted octanol–water partition coefficient (Wildman–Crippen LogP) is 6.66. The van der Waals surface area contributed by atoms with Gasteiger partial charge < -0.3 is 9.52 Å². The molecule has 1 aliphatic rings. The van der Waals surface area contributed by atoms with Crippen LogP contribution in [-0.4, -0.2) is 16.8 Å². The van der Waals surface area contributed by atoms with Crippen molar-refractivity contribution in [2.45, 2.75) is 6.04 Å². The highest BCUT2D eigenvalue weighted by atomic mass is 35.5. The Morgan fingerprint density at radius 2 is 1.61 bits per heavy atom. The van der Waals surface area contributed by atoms with Gasteiger partial charge in [-0.25, -0.2) is 4.39 Å². The summed E-state index contributed by atoms with van der Waals surface area (Å²) < 4.78 is 19.2. The van der Waals surface area contributed by atoms with E-state index in [0.29, 0.717) is 32.3 Å². The van der Waals surface area contributed by atoms with Gasteiger partial charge in [0.2, 0.25) is 5.78 Å². The number of carbonyl (C=O) groups excluding carboxylic acids is 2. The van der Waals surface area contributed by atoms with Crippen LogP contribution in [0, 0.1) is 5.82 Å². The number of ketones is 1. The lowest BCUT2D eigenvalue weighted by molar-refractivity contribution is -0.117. The molecule has 0 radical (unpaired) electrons. The minimum absolute atomic E-state index is 0.0541. The quantitative estimate of drug-likeness (QED) is 0.330. The van der Waals surface area contributed by atoms with Gasteiger partial charge in [-0.3, -0.25) is 14.5 Å². The molecular weight excluding hydrogens is 468 g/mol. The zero-order valence-corrected chi connectivity index (χ0v) is 18.3. The molecule has 1 atom stereocenters. The molecule has 4 aromatic rings. The molecule has 1 N–H and O–H groups in total. The van der Waals surface area contributed by atoms with E-state index in [1.165, 1.54) is 35.2 Å². The Balaban J connectivity index is 1.65. The van der Waals surface area contributed by atoms with Crippen molar-refractivity contribution in [1.82, 2.24) is 0 Å². The third-order valence-corrected chi connectivity index (χ3v) is 5.93. The average Bonchev–Trinajstić information content (AvgIpc) is 3.33. The van der Waals surface area contributed by atoms with E-state index >= 15 is 0 Å². The van der Waals surface area contributed by atoms with Crippen LogP contribution < -0.4 is 4.90 Å². The highest BCUT2D eigenvalue weighted by Gasteiger charge is 2.45. The molecule has 8 heteroatoms. The number of anilines is 1. The molecule has 0 saturated heterocycles. The zero-order valence-electron chi connectivity index (χ0n) is 16.8. The van der Waals surface area contributed by atoms with Crippen LogP contribution in [-0.2, 0) is 4.79 Å². The molecule has 0 fully saturated rings. The number of aliphatic hydroxyl groups excluding tert-OH is 1. The maximum atomic E-state index is 13.5. The monoisotopic (exact) mass is 481 g/mol. The third-order valence-electron chi connectivity index (χ3n) is 5.45. The van der Waals surface area contributed by atoms with Crippen molar-refractivity contribution in [1.29, 1.82) is 0 Å². The van der Waals surface area contributed by atoms with E-state index in [2.05, 4.69) is 0 Å². The molecule has 164 valence electrons. The number of furan rings is 1. The van der Waals surface area contributed by atoms with E-state index in [9.17, 15) is 19.1 Å². The molecule has 1 aliphatic heterocycles. The van der Waals surface area contributed by atoms with Gasteiger partial charge in [0.1, 0.15) is 11.4 Å². The molecule has 1 amide bonds. The molecular formula is C25H14Cl2FNO4. The first-order chi connectivity index (χ1) is 15.8. The summed E-state index contributed by atoms with van der Waals surface area (Å²) in [5.74, 6) is -2.69. The number of fused-ring (bicyclic) bond motifs is 1. The minimum atomic E-state index is -0.982. The van der Waals surface area contributed by atoms with Crippen LogP contribution in [0.3, 0.4) is 0 Å². The molecule has 0 saturated carbocycles. The van der Waals surface area contributed by atoms with Crippen LogP contribution in [0.1, 0.15) is 22.2 Å². The lowest BCUT2D eigenvalue weighted by Gasteiger charge is -2.26. The Bertz CT molecular complexity index is 1440. The van der Waals surface area contributed by atoms with Gasteiger partial charge in [0.25, 0.3) is 5.91 Å². The first-order valence-corrected chi connectivity index (χ1v) is 10.6. The van der Waals surface area contributed by atoms with Gasteiger partial charge in [-0.1, -0.05) is 35.3 Å². The molecule has 5 nitrogen and oxygen atoms in total. The Hall–Kier alpha value is -3.61. The van der Waals surface area contributed by atoms with Crippen LogP contribution in [0.15, 0.2) is 88.5 Å². The van der Waals surface area contributed by atoms with Gasteiger partial charge in [0, 0.05) is 21.1 Å². The second-order valence-corrected chi connectivity index (χ2v) is 8.36. The summed E-state index contributed by atoms with van der Waals surface area (Å²) in [6.45, 7) is 0. The van der Waals surface area contributed by atoms with Gasteiger partial charge in [0.15, 0.2) is 11.5 Å². The fourth-order valence-electron chi connectivity index (χ4n) is 3.92. The standard InChI is InChI=1S/C25H14Cl2FNO4/c26-15-3-1-13(2-4-15)22-21(23(30)20-12-14-11-16(27)5-10-19(14)33-20)24(31)25(32)29(22)18-8-6-17(28)7-9-18/h1-12,22,31H. The van der Waals surface area contributed by atoms with Crippen molar-refractivity contribution in [3.8, 4) is 0 Å². The van der Waals surface area contributed by atoms with Crippen LogP contribution >= 0.6 is 23.2 Å². The normalized spacial score (nSPS) is 16.2. The Kier molecular flexibility index (Phi) is 5.19. The van der Waals surface area contributed by atoms with Crippen molar-refractivity contribution >= 4 is 51.5 Å². The lowest BCUT2D eigenvalue weighted by Crippen LogP contribution is -2.31. The number of aliphatic hydroxyl groups is 1. The van der Waals surface area contributed by atoms with Gasteiger partial charge in [-0.05, 0) is 66.2 Å². The summed E-state index contributed by atoms with van der Waals surface area (Å²) in [6, 6.07) is 17.2. The van der Waals surface area contributed by atoms with E-state index in [4.69, 9.17) is 27.6 Å². The second kappa shape index (κ2) is 8.06. The summed E-state index contributed by atoms with van der Waals surface area (Å²) in [5.41, 5.74) is 1.12. The number of rotatable bonds is 4. The van der Waals surface area contributed by atoms with E-state index < -0.39 is 29.3 Å². The van der Waals surface area contributed by atoms with Crippen molar-refractivity contribution < 1.29 is 23.5 Å². The Morgan fingerprint density at radius 3 is 2.30 bits per heavy atom. The predicted molar refractivity (Wildman–Crippen MR) is 123 cm³/mol. The zero-order chi connectivity index (χ0) is 23.3. The molecule has 2 heterocycles. The number of hydrogen-bond acceptors (Lipinski definition) is 4. The summed E-state index contributed by atoms with van der Waals surface area (Å²) in [4.78, 5) is 27.9. The Morgan fingerprint density at radius 1 is 0.939 bits per heavy atom. The molecule has 0 aliphatic carbocycles. The number of Topliss-reactive ketones (excluding diaryl/α,β-unsaturated/α-hetero) is 1. The minimum Gasteiger partial charge on any atom is -0.503 e. The average molecular weight is 482 g/mol. The molecule has 0 spiro atoms. The summed E-state index contributed by atoms with van der Waals surface area (Å²) >= 11 is 12.0. The van der Waals surface area contributed by atoms with Crippen LogP contribution in [0.4, 0.5) is 10.1 Å². The second-order valence-electron chi connectivity index (χ2n) is 7.49. The van der Waals surface area contributed by atoms with Crippen molar-refractivity contribution in [3.05, 3.63) is 111 Å². The van der Waals surface area contributed by atoms with Gasteiger partial charge in [-0.15, -0.1) is 0 Å².